The number of benzene rings is 1. The highest BCUT2D eigenvalue weighted by atomic mass is 32.2. The van der Waals surface area contributed by atoms with Gasteiger partial charge in [-0.15, -0.1) is 10.2 Å². The smallest absolute Gasteiger partial charge is 0.277 e. The SMILES string of the molecule is COc1ccc(NC(=O)C(C)Sc2nnc(-c3ccncc3)o2)cc1. The molecule has 0 spiro atoms. The molecule has 3 aromatic rings. The molecule has 0 saturated heterocycles. The molecule has 1 N–H and O–H groups in total. The lowest BCUT2D eigenvalue weighted by Crippen LogP contribution is -2.22. The van der Waals surface area contributed by atoms with E-state index in [1.54, 1.807) is 62.8 Å². The molecule has 0 bridgehead atoms. The van der Waals surface area contributed by atoms with Crippen molar-refractivity contribution in [3.8, 4) is 17.2 Å². The summed E-state index contributed by atoms with van der Waals surface area (Å²) >= 11 is 1.20. The summed E-state index contributed by atoms with van der Waals surface area (Å²) in [5, 5.41) is 10.7. The first kappa shape index (κ1) is 17.0. The lowest BCUT2D eigenvalue weighted by Gasteiger charge is -2.10. The average molecular weight is 356 g/mol. The highest BCUT2D eigenvalue weighted by molar-refractivity contribution is 8.00. The maximum absolute atomic E-state index is 12.3. The van der Waals surface area contributed by atoms with E-state index >= 15 is 0 Å². The number of carbonyl (C=O) groups excluding carboxylic acids is 1. The van der Waals surface area contributed by atoms with Gasteiger partial charge in [0, 0.05) is 23.6 Å². The van der Waals surface area contributed by atoms with Crippen LogP contribution in [0.25, 0.3) is 11.5 Å². The molecule has 2 aromatic heterocycles. The second-order valence-electron chi connectivity index (χ2n) is 5.09. The molecule has 3 rings (SSSR count). The first-order valence-electron chi connectivity index (χ1n) is 7.51. The Morgan fingerprint density at radius 3 is 2.56 bits per heavy atom. The molecule has 0 aliphatic carbocycles. The van der Waals surface area contributed by atoms with Crippen molar-refractivity contribution in [2.75, 3.05) is 12.4 Å². The second-order valence-corrected chi connectivity index (χ2v) is 6.38. The van der Waals surface area contributed by atoms with Crippen LogP contribution in [0.15, 0.2) is 58.4 Å². The molecule has 25 heavy (non-hydrogen) atoms. The van der Waals surface area contributed by atoms with E-state index in [0.29, 0.717) is 16.8 Å². The Morgan fingerprint density at radius 1 is 1.16 bits per heavy atom. The van der Waals surface area contributed by atoms with Crippen LogP contribution in [-0.2, 0) is 4.79 Å². The normalized spacial score (nSPS) is 11.8. The molecule has 1 atom stereocenters. The highest BCUT2D eigenvalue weighted by Crippen LogP contribution is 2.26. The molecule has 0 fully saturated rings. The van der Waals surface area contributed by atoms with Gasteiger partial charge in [-0.05, 0) is 43.3 Å². The minimum atomic E-state index is -0.396. The highest BCUT2D eigenvalue weighted by Gasteiger charge is 2.19. The number of aromatic nitrogens is 3. The Kier molecular flexibility index (Phi) is 5.30. The van der Waals surface area contributed by atoms with Crippen molar-refractivity contribution in [1.82, 2.24) is 15.2 Å². The van der Waals surface area contributed by atoms with Crippen LogP contribution in [-0.4, -0.2) is 33.4 Å². The van der Waals surface area contributed by atoms with Crippen molar-refractivity contribution in [3.63, 3.8) is 0 Å². The van der Waals surface area contributed by atoms with Gasteiger partial charge in [0.15, 0.2) is 0 Å². The summed E-state index contributed by atoms with van der Waals surface area (Å²) in [7, 11) is 1.59. The zero-order chi connectivity index (χ0) is 17.6. The van der Waals surface area contributed by atoms with E-state index in [-0.39, 0.29) is 5.91 Å². The van der Waals surface area contributed by atoms with Gasteiger partial charge in [-0.2, -0.15) is 0 Å². The van der Waals surface area contributed by atoms with Crippen molar-refractivity contribution in [2.45, 2.75) is 17.4 Å². The van der Waals surface area contributed by atoms with Gasteiger partial charge < -0.3 is 14.5 Å². The summed E-state index contributed by atoms with van der Waals surface area (Å²) in [5.41, 5.74) is 1.48. The third kappa shape index (κ3) is 4.36. The van der Waals surface area contributed by atoms with Crippen molar-refractivity contribution in [3.05, 3.63) is 48.8 Å². The Hall–Kier alpha value is -2.87. The second kappa shape index (κ2) is 7.80. The number of thioether (sulfide) groups is 1. The first-order chi connectivity index (χ1) is 12.2. The Labute approximate surface area is 148 Å². The minimum absolute atomic E-state index is 0.154. The van der Waals surface area contributed by atoms with E-state index in [9.17, 15) is 4.79 Å². The quantitative estimate of drug-likeness (QED) is 0.678. The van der Waals surface area contributed by atoms with Gasteiger partial charge in [-0.3, -0.25) is 9.78 Å². The first-order valence-corrected chi connectivity index (χ1v) is 8.39. The molecular formula is C17H16N4O3S. The van der Waals surface area contributed by atoms with E-state index in [2.05, 4.69) is 20.5 Å². The fourth-order valence-electron chi connectivity index (χ4n) is 1.99. The molecule has 7 nitrogen and oxygen atoms in total. The van der Waals surface area contributed by atoms with Crippen LogP contribution in [0.4, 0.5) is 5.69 Å². The van der Waals surface area contributed by atoms with Crippen LogP contribution in [0.5, 0.6) is 5.75 Å². The summed E-state index contributed by atoms with van der Waals surface area (Å²) < 4.78 is 10.7. The summed E-state index contributed by atoms with van der Waals surface area (Å²) in [6.07, 6.45) is 3.30. The third-order valence-electron chi connectivity index (χ3n) is 3.34. The third-order valence-corrected chi connectivity index (χ3v) is 4.27. The zero-order valence-electron chi connectivity index (χ0n) is 13.7. The molecular weight excluding hydrogens is 340 g/mol. The van der Waals surface area contributed by atoms with E-state index in [0.717, 1.165) is 11.3 Å². The number of amides is 1. The zero-order valence-corrected chi connectivity index (χ0v) is 14.5. The summed E-state index contributed by atoms with van der Waals surface area (Å²) in [5.74, 6) is 0.974. The topological polar surface area (TPSA) is 90.1 Å². The average Bonchev–Trinajstić information content (AvgIpc) is 3.11. The number of ether oxygens (including phenoxy) is 1. The molecule has 0 aliphatic heterocycles. The maximum Gasteiger partial charge on any atom is 0.277 e. The molecule has 8 heteroatoms. The largest absolute Gasteiger partial charge is 0.497 e. The number of hydrogen-bond acceptors (Lipinski definition) is 7. The summed E-state index contributed by atoms with van der Waals surface area (Å²) in [6, 6.07) is 10.7. The minimum Gasteiger partial charge on any atom is -0.497 e. The van der Waals surface area contributed by atoms with Gasteiger partial charge in [-0.25, -0.2) is 0 Å². The van der Waals surface area contributed by atoms with Crippen LogP contribution in [0.2, 0.25) is 0 Å². The predicted molar refractivity (Wildman–Crippen MR) is 94.5 cm³/mol. The number of nitrogens with zero attached hydrogens (tertiary/aromatic N) is 3. The predicted octanol–water partition coefficient (Wildman–Crippen LogP) is 3.26. The van der Waals surface area contributed by atoms with Gasteiger partial charge in [-0.1, -0.05) is 11.8 Å². The number of anilines is 1. The van der Waals surface area contributed by atoms with Gasteiger partial charge in [0.2, 0.25) is 11.8 Å². The van der Waals surface area contributed by atoms with Gasteiger partial charge in [0.25, 0.3) is 5.22 Å². The number of rotatable bonds is 6. The lowest BCUT2D eigenvalue weighted by molar-refractivity contribution is -0.115. The fraction of sp³-hybridized carbons (Fsp3) is 0.176. The van der Waals surface area contributed by atoms with E-state index in [1.165, 1.54) is 11.8 Å². The van der Waals surface area contributed by atoms with Gasteiger partial charge in [0.05, 0.1) is 12.4 Å². The summed E-state index contributed by atoms with van der Waals surface area (Å²) in [6.45, 7) is 1.78. The van der Waals surface area contributed by atoms with Crippen molar-refractivity contribution in [2.24, 2.45) is 0 Å². The fourth-order valence-corrected chi connectivity index (χ4v) is 2.67. The van der Waals surface area contributed by atoms with Crippen LogP contribution >= 0.6 is 11.8 Å². The van der Waals surface area contributed by atoms with Crippen LogP contribution in [0.1, 0.15) is 6.92 Å². The van der Waals surface area contributed by atoms with Crippen molar-refractivity contribution in [1.29, 1.82) is 0 Å². The van der Waals surface area contributed by atoms with E-state index in [1.807, 2.05) is 0 Å². The molecule has 0 radical (unpaired) electrons. The Balaban J connectivity index is 1.60. The number of methoxy groups -OCH3 is 1. The molecule has 0 saturated carbocycles. The number of nitrogens with one attached hydrogen (secondary N) is 1. The standard InChI is InChI=1S/C17H16N4O3S/c1-11(15(22)19-13-3-5-14(23-2)6-4-13)25-17-21-20-16(24-17)12-7-9-18-10-8-12/h3-11H,1-2H3,(H,19,22). The van der Waals surface area contributed by atoms with Crippen LogP contribution in [0, 0.1) is 0 Å². The Bertz CT molecular complexity index is 837. The van der Waals surface area contributed by atoms with Crippen LogP contribution < -0.4 is 10.1 Å². The molecule has 128 valence electrons. The van der Waals surface area contributed by atoms with Crippen molar-refractivity contribution >= 4 is 23.4 Å². The monoisotopic (exact) mass is 356 g/mol. The van der Waals surface area contributed by atoms with E-state index < -0.39 is 5.25 Å². The molecule has 1 aromatic carbocycles. The molecule has 1 amide bonds. The molecule has 0 aliphatic rings. The summed E-state index contributed by atoms with van der Waals surface area (Å²) in [4.78, 5) is 16.2. The Morgan fingerprint density at radius 2 is 1.88 bits per heavy atom. The molecule has 1 unspecified atom stereocenters. The van der Waals surface area contributed by atoms with E-state index in [4.69, 9.17) is 9.15 Å². The number of pyridine rings is 1. The van der Waals surface area contributed by atoms with Crippen molar-refractivity contribution < 1.29 is 13.9 Å². The van der Waals surface area contributed by atoms with Crippen LogP contribution in [0.3, 0.4) is 0 Å². The maximum atomic E-state index is 12.3. The van der Waals surface area contributed by atoms with Gasteiger partial charge in [0.1, 0.15) is 5.75 Å². The van der Waals surface area contributed by atoms with Gasteiger partial charge >= 0.3 is 0 Å². The molecule has 2 heterocycles. The number of carbonyl (C=O) groups is 1. The lowest BCUT2D eigenvalue weighted by atomic mass is 10.3. The number of hydrogen-bond donors (Lipinski definition) is 1.